The molecular weight excluding hydrogens is 396 g/mol. The number of halogens is 2. The van der Waals surface area contributed by atoms with Gasteiger partial charge in [0.1, 0.15) is 5.82 Å². The van der Waals surface area contributed by atoms with Crippen LogP contribution in [-0.2, 0) is 4.79 Å². The number of nitrogens with one attached hydrogen (secondary N) is 1. The summed E-state index contributed by atoms with van der Waals surface area (Å²) in [6.45, 7) is 1.64. The third-order valence-corrected chi connectivity index (χ3v) is 5.76. The van der Waals surface area contributed by atoms with Crippen molar-refractivity contribution in [1.82, 2.24) is 19.9 Å². The lowest BCUT2D eigenvalue weighted by Gasteiger charge is -2.32. The molecule has 4 rings (SSSR count). The number of hydrogen-bond donors (Lipinski definition) is 1. The highest BCUT2D eigenvalue weighted by atomic mass is 32.1. The molecule has 4 heterocycles. The van der Waals surface area contributed by atoms with Gasteiger partial charge in [-0.05, 0) is 38.1 Å². The Kier molecular flexibility index (Phi) is 5.51. The van der Waals surface area contributed by atoms with Crippen LogP contribution in [-0.4, -0.2) is 51.3 Å². The zero-order chi connectivity index (χ0) is 20.4. The molecule has 0 spiro atoms. The molecular formula is C20H21F2N5OS. The predicted molar refractivity (Wildman–Crippen MR) is 109 cm³/mol. The van der Waals surface area contributed by atoms with E-state index in [1.807, 2.05) is 12.1 Å². The van der Waals surface area contributed by atoms with E-state index in [4.69, 9.17) is 0 Å². The molecule has 1 amide bonds. The molecule has 0 aromatic carbocycles. The van der Waals surface area contributed by atoms with Crippen molar-refractivity contribution in [2.24, 2.45) is 5.92 Å². The lowest BCUT2D eigenvalue weighted by molar-refractivity contribution is -0.121. The highest BCUT2D eigenvalue weighted by molar-refractivity contribution is 7.13. The number of likely N-dealkylation sites (tertiary alicyclic amines) is 1. The van der Waals surface area contributed by atoms with Crippen LogP contribution in [0.15, 0.2) is 36.1 Å². The van der Waals surface area contributed by atoms with Gasteiger partial charge in [-0.15, -0.1) is 11.3 Å². The van der Waals surface area contributed by atoms with E-state index in [0.717, 1.165) is 28.4 Å². The van der Waals surface area contributed by atoms with Crippen molar-refractivity contribution < 1.29 is 13.6 Å². The van der Waals surface area contributed by atoms with E-state index in [-0.39, 0.29) is 18.4 Å². The van der Waals surface area contributed by atoms with Crippen LogP contribution in [0.25, 0.3) is 21.5 Å². The number of thiazole rings is 1. The van der Waals surface area contributed by atoms with Crippen LogP contribution in [0.3, 0.4) is 0 Å². The van der Waals surface area contributed by atoms with E-state index in [0.29, 0.717) is 31.7 Å². The normalized spacial score (nSPS) is 16.2. The average Bonchev–Trinajstić information content (AvgIpc) is 3.21. The second kappa shape index (κ2) is 8.08. The van der Waals surface area contributed by atoms with Crippen LogP contribution >= 0.6 is 11.3 Å². The molecule has 0 aliphatic carbocycles. The maximum absolute atomic E-state index is 13.2. The lowest BCUT2D eigenvalue weighted by atomic mass is 9.95. The van der Waals surface area contributed by atoms with Gasteiger partial charge in [0.2, 0.25) is 5.91 Å². The zero-order valence-corrected chi connectivity index (χ0v) is 16.8. The topological polar surface area (TPSA) is 71.0 Å². The first-order chi connectivity index (χ1) is 13.9. The van der Waals surface area contributed by atoms with Gasteiger partial charge >= 0.3 is 0 Å². The van der Waals surface area contributed by atoms with E-state index in [9.17, 15) is 13.6 Å². The molecule has 0 unspecified atom stereocenters. The van der Waals surface area contributed by atoms with E-state index >= 15 is 0 Å². The van der Waals surface area contributed by atoms with Crippen molar-refractivity contribution in [2.45, 2.75) is 25.7 Å². The Balaban J connectivity index is 1.42. The Morgan fingerprint density at radius 3 is 2.79 bits per heavy atom. The second-order valence-electron chi connectivity index (χ2n) is 7.43. The van der Waals surface area contributed by atoms with E-state index < -0.39 is 5.92 Å². The Morgan fingerprint density at radius 1 is 1.31 bits per heavy atom. The number of nitrogens with zero attached hydrogens (tertiary/aromatic N) is 4. The molecule has 3 aromatic rings. The summed E-state index contributed by atoms with van der Waals surface area (Å²) in [4.78, 5) is 28.3. The molecule has 3 aromatic heterocycles. The van der Waals surface area contributed by atoms with E-state index in [1.165, 1.54) is 11.3 Å². The van der Waals surface area contributed by atoms with Gasteiger partial charge in [-0.1, -0.05) is 0 Å². The third-order valence-electron chi connectivity index (χ3n) is 4.97. The van der Waals surface area contributed by atoms with Crippen molar-refractivity contribution in [3.05, 3.63) is 36.1 Å². The van der Waals surface area contributed by atoms with E-state index in [2.05, 4.69) is 20.3 Å². The van der Waals surface area contributed by atoms with Crippen molar-refractivity contribution in [3.8, 4) is 10.6 Å². The number of hydrogen-bond acceptors (Lipinski definition) is 6. The third kappa shape index (κ3) is 4.91. The molecule has 0 radical (unpaired) electrons. The molecule has 1 fully saturated rings. The standard InChI is InChI=1S/C20H21F2N5OS/c1-20(21,22)11-27-6-4-13(5-7-27)19(28)26-18-8-16-14(9-24-18)2-3-15(25-16)17-10-23-12-29-17/h2-3,8-10,12-13H,4-7,11H2,1H3,(H,24,26,28). The molecule has 0 atom stereocenters. The fourth-order valence-electron chi connectivity index (χ4n) is 3.54. The number of carbonyl (C=O) groups is 1. The lowest BCUT2D eigenvalue weighted by Crippen LogP contribution is -2.42. The largest absolute Gasteiger partial charge is 0.310 e. The smallest absolute Gasteiger partial charge is 0.257 e. The molecule has 1 aliphatic heterocycles. The number of fused-ring (bicyclic) bond motifs is 1. The van der Waals surface area contributed by atoms with Crippen LogP contribution in [0, 0.1) is 5.92 Å². The first kappa shape index (κ1) is 19.8. The highest BCUT2D eigenvalue weighted by Crippen LogP contribution is 2.26. The summed E-state index contributed by atoms with van der Waals surface area (Å²) in [5.74, 6) is -2.60. The van der Waals surface area contributed by atoms with Crippen LogP contribution < -0.4 is 5.32 Å². The first-order valence-electron chi connectivity index (χ1n) is 9.44. The quantitative estimate of drug-likeness (QED) is 0.678. The van der Waals surface area contributed by atoms with Crippen molar-refractivity contribution in [3.63, 3.8) is 0 Å². The summed E-state index contributed by atoms with van der Waals surface area (Å²) in [7, 11) is 0. The molecule has 9 heteroatoms. The fraction of sp³-hybridized carbons (Fsp3) is 0.400. The second-order valence-corrected chi connectivity index (χ2v) is 8.32. The Hall–Kier alpha value is -2.52. The molecule has 0 bridgehead atoms. The van der Waals surface area contributed by atoms with Gasteiger partial charge in [-0.2, -0.15) is 0 Å². The van der Waals surface area contributed by atoms with Gasteiger partial charge < -0.3 is 5.32 Å². The molecule has 1 aliphatic rings. The minimum absolute atomic E-state index is 0.127. The van der Waals surface area contributed by atoms with E-state index in [1.54, 1.807) is 28.9 Å². The summed E-state index contributed by atoms with van der Waals surface area (Å²) in [6, 6.07) is 5.61. The Bertz CT molecular complexity index is 998. The molecule has 29 heavy (non-hydrogen) atoms. The molecule has 152 valence electrons. The number of amides is 1. The van der Waals surface area contributed by atoms with Gasteiger partial charge in [0.05, 0.1) is 28.1 Å². The first-order valence-corrected chi connectivity index (χ1v) is 10.3. The van der Waals surface area contributed by atoms with Crippen molar-refractivity contribution in [2.75, 3.05) is 25.0 Å². The number of piperidine rings is 1. The number of aromatic nitrogens is 3. The number of anilines is 1. The highest BCUT2D eigenvalue weighted by Gasteiger charge is 2.30. The maximum atomic E-state index is 13.2. The fourth-order valence-corrected chi connectivity index (χ4v) is 4.13. The molecule has 0 saturated carbocycles. The minimum Gasteiger partial charge on any atom is -0.310 e. The Labute approximate surface area is 171 Å². The van der Waals surface area contributed by atoms with Gasteiger partial charge in [-0.25, -0.2) is 18.7 Å². The number of alkyl halides is 2. The average molecular weight is 417 g/mol. The van der Waals surface area contributed by atoms with Crippen molar-refractivity contribution >= 4 is 34.0 Å². The van der Waals surface area contributed by atoms with Gasteiger partial charge in [-0.3, -0.25) is 14.7 Å². The summed E-state index contributed by atoms with van der Waals surface area (Å²) in [5.41, 5.74) is 3.32. The van der Waals surface area contributed by atoms with Gasteiger partial charge in [0.25, 0.3) is 5.92 Å². The van der Waals surface area contributed by atoms with Crippen LogP contribution in [0.1, 0.15) is 19.8 Å². The number of carbonyl (C=O) groups excluding carboxylic acids is 1. The summed E-state index contributed by atoms with van der Waals surface area (Å²) >= 11 is 1.51. The molecule has 6 nitrogen and oxygen atoms in total. The van der Waals surface area contributed by atoms with Gasteiger partial charge in [0, 0.05) is 36.7 Å². The molecule has 1 saturated heterocycles. The minimum atomic E-state index is -2.71. The van der Waals surface area contributed by atoms with Crippen LogP contribution in [0.4, 0.5) is 14.6 Å². The van der Waals surface area contributed by atoms with Gasteiger partial charge in [0.15, 0.2) is 0 Å². The molecule has 1 N–H and O–H groups in total. The zero-order valence-electron chi connectivity index (χ0n) is 15.9. The van der Waals surface area contributed by atoms with Crippen LogP contribution in [0.5, 0.6) is 0 Å². The number of rotatable bonds is 5. The predicted octanol–water partition coefficient (Wildman–Crippen LogP) is 4.06. The SMILES string of the molecule is CC(F)(F)CN1CCC(C(=O)Nc2cc3nc(-c4cncs4)ccc3cn2)CC1. The monoisotopic (exact) mass is 417 g/mol. The van der Waals surface area contributed by atoms with Crippen molar-refractivity contribution in [1.29, 1.82) is 0 Å². The maximum Gasteiger partial charge on any atom is 0.257 e. The summed E-state index contributed by atoms with van der Waals surface area (Å²) < 4.78 is 26.3. The number of pyridine rings is 2. The summed E-state index contributed by atoms with van der Waals surface area (Å²) in [6.07, 6.45) is 4.57. The summed E-state index contributed by atoms with van der Waals surface area (Å²) in [5, 5.41) is 3.73. The Morgan fingerprint density at radius 2 is 2.10 bits per heavy atom. The van der Waals surface area contributed by atoms with Crippen LogP contribution in [0.2, 0.25) is 0 Å².